The zero-order chi connectivity index (χ0) is 19.5. The first-order chi connectivity index (χ1) is 13.6. The van der Waals surface area contributed by atoms with E-state index in [1.54, 1.807) is 13.2 Å². The number of methoxy groups -OCH3 is 1. The van der Waals surface area contributed by atoms with E-state index >= 15 is 0 Å². The van der Waals surface area contributed by atoms with Gasteiger partial charge >= 0.3 is 5.76 Å². The predicted molar refractivity (Wildman–Crippen MR) is 107 cm³/mol. The quantitative estimate of drug-likeness (QED) is 0.734. The van der Waals surface area contributed by atoms with E-state index in [9.17, 15) is 9.59 Å². The van der Waals surface area contributed by atoms with Crippen molar-refractivity contribution in [1.82, 2.24) is 9.88 Å². The summed E-state index contributed by atoms with van der Waals surface area (Å²) in [6, 6.07) is 13.5. The predicted octanol–water partition coefficient (Wildman–Crippen LogP) is 2.41. The number of carbonyl (C=O) groups is 1. The molecule has 0 radical (unpaired) electrons. The number of carbonyl (C=O) groups excluding carboxylic acids is 1. The van der Waals surface area contributed by atoms with Gasteiger partial charge in [-0.25, -0.2) is 4.79 Å². The Hall–Kier alpha value is -3.22. The molecule has 146 valence electrons. The molecule has 0 spiro atoms. The highest BCUT2D eigenvalue weighted by molar-refractivity contribution is 5.78. The molecule has 1 fully saturated rings. The molecule has 0 saturated carbocycles. The number of anilines is 1. The summed E-state index contributed by atoms with van der Waals surface area (Å²) in [4.78, 5) is 30.7. The van der Waals surface area contributed by atoms with Crippen LogP contribution in [0.4, 0.5) is 5.69 Å². The summed E-state index contributed by atoms with van der Waals surface area (Å²) in [7, 11) is 1.65. The van der Waals surface area contributed by atoms with E-state index in [-0.39, 0.29) is 5.91 Å². The molecule has 4 rings (SSSR count). The fourth-order valence-electron chi connectivity index (χ4n) is 3.66. The highest BCUT2D eigenvalue weighted by Crippen LogP contribution is 2.22. The van der Waals surface area contributed by atoms with Crippen LogP contribution in [0.2, 0.25) is 0 Å². The second-order valence-corrected chi connectivity index (χ2v) is 6.87. The number of nitrogens with one attached hydrogen (secondary N) is 1. The van der Waals surface area contributed by atoms with Crippen molar-refractivity contribution in [2.45, 2.75) is 12.8 Å². The first-order valence-corrected chi connectivity index (χ1v) is 9.41. The lowest BCUT2D eigenvalue weighted by molar-refractivity contribution is -0.131. The number of benzene rings is 2. The number of amides is 1. The third-order valence-corrected chi connectivity index (χ3v) is 5.20. The normalized spacial score (nSPS) is 14.5. The molecule has 0 atom stereocenters. The summed E-state index contributed by atoms with van der Waals surface area (Å²) in [6.45, 7) is 2.89. The molecule has 1 amide bonds. The van der Waals surface area contributed by atoms with Gasteiger partial charge in [-0.1, -0.05) is 18.2 Å². The number of fused-ring (bicyclic) bond motifs is 1. The molecule has 7 heteroatoms. The maximum absolute atomic E-state index is 12.6. The van der Waals surface area contributed by atoms with E-state index in [1.807, 2.05) is 41.3 Å². The fourth-order valence-corrected chi connectivity index (χ4v) is 3.66. The minimum absolute atomic E-state index is 0.167. The van der Waals surface area contributed by atoms with E-state index in [0.717, 1.165) is 30.1 Å². The van der Waals surface area contributed by atoms with Crippen LogP contribution in [0.25, 0.3) is 11.1 Å². The van der Waals surface area contributed by atoms with Crippen LogP contribution in [0.15, 0.2) is 51.7 Å². The van der Waals surface area contributed by atoms with E-state index in [0.29, 0.717) is 37.0 Å². The number of ether oxygens (including phenoxy) is 1. The van der Waals surface area contributed by atoms with Gasteiger partial charge in [-0.15, -0.1) is 0 Å². The summed E-state index contributed by atoms with van der Waals surface area (Å²) in [5.74, 6) is 0.547. The van der Waals surface area contributed by atoms with Crippen LogP contribution in [-0.2, 0) is 11.2 Å². The first kappa shape index (κ1) is 18.2. The molecule has 1 N–H and O–H groups in total. The van der Waals surface area contributed by atoms with Crippen LogP contribution in [0, 0.1) is 0 Å². The number of aromatic amines is 1. The van der Waals surface area contributed by atoms with Crippen molar-refractivity contribution in [1.29, 1.82) is 0 Å². The average Bonchev–Trinajstić information content (AvgIpc) is 3.11. The van der Waals surface area contributed by atoms with Gasteiger partial charge in [0.05, 0.1) is 12.6 Å². The van der Waals surface area contributed by atoms with E-state index in [1.165, 1.54) is 0 Å². The topological polar surface area (TPSA) is 78.8 Å². The molecule has 0 unspecified atom stereocenters. The number of hydrogen-bond acceptors (Lipinski definition) is 5. The molecule has 0 bridgehead atoms. The van der Waals surface area contributed by atoms with Gasteiger partial charge in [-0.05, 0) is 36.2 Å². The van der Waals surface area contributed by atoms with Crippen LogP contribution in [0.3, 0.4) is 0 Å². The first-order valence-electron chi connectivity index (χ1n) is 9.41. The number of aromatic nitrogens is 1. The van der Waals surface area contributed by atoms with Gasteiger partial charge in [0.1, 0.15) is 5.75 Å². The second kappa shape index (κ2) is 7.80. The SMILES string of the molecule is COc1ccccc1CCC(=O)N1CCN(c2ccc3oc(=O)[nH]c3c2)CC1. The Bertz CT molecular complexity index is 1030. The monoisotopic (exact) mass is 381 g/mol. The minimum Gasteiger partial charge on any atom is -0.496 e. The molecule has 2 heterocycles. The van der Waals surface area contributed by atoms with Gasteiger partial charge in [-0.3, -0.25) is 9.78 Å². The van der Waals surface area contributed by atoms with Gasteiger partial charge in [0.15, 0.2) is 5.58 Å². The smallest absolute Gasteiger partial charge is 0.417 e. The number of piperazine rings is 1. The molecule has 7 nitrogen and oxygen atoms in total. The largest absolute Gasteiger partial charge is 0.496 e. The Balaban J connectivity index is 1.34. The molecule has 1 aliphatic heterocycles. The van der Waals surface area contributed by atoms with Gasteiger partial charge in [0.25, 0.3) is 0 Å². The number of aryl methyl sites for hydroxylation is 1. The van der Waals surface area contributed by atoms with Crippen LogP contribution in [0.1, 0.15) is 12.0 Å². The number of para-hydroxylation sites is 1. The zero-order valence-corrected chi connectivity index (χ0v) is 15.8. The highest BCUT2D eigenvalue weighted by atomic mass is 16.5. The lowest BCUT2D eigenvalue weighted by Crippen LogP contribution is -2.48. The molecule has 28 heavy (non-hydrogen) atoms. The lowest BCUT2D eigenvalue weighted by atomic mass is 10.1. The van der Waals surface area contributed by atoms with E-state index in [4.69, 9.17) is 9.15 Å². The van der Waals surface area contributed by atoms with Crippen LogP contribution >= 0.6 is 0 Å². The number of hydrogen-bond donors (Lipinski definition) is 1. The lowest BCUT2D eigenvalue weighted by Gasteiger charge is -2.36. The fraction of sp³-hybridized carbons (Fsp3) is 0.333. The van der Waals surface area contributed by atoms with Crippen LogP contribution in [-0.4, -0.2) is 49.1 Å². The Labute approximate surface area is 162 Å². The Kier molecular flexibility index (Phi) is 5.06. The summed E-state index contributed by atoms with van der Waals surface area (Å²) >= 11 is 0. The number of rotatable bonds is 5. The van der Waals surface area contributed by atoms with Crippen LogP contribution in [0.5, 0.6) is 5.75 Å². The Morgan fingerprint density at radius 3 is 2.71 bits per heavy atom. The van der Waals surface area contributed by atoms with Gasteiger partial charge in [0.2, 0.25) is 5.91 Å². The van der Waals surface area contributed by atoms with E-state index < -0.39 is 5.76 Å². The summed E-state index contributed by atoms with van der Waals surface area (Å²) in [6.07, 6.45) is 1.15. The average molecular weight is 381 g/mol. The van der Waals surface area contributed by atoms with Gasteiger partial charge in [0, 0.05) is 38.3 Å². The molecule has 0 aliphatic carbocycles. The Morgan fingerprint density at radius 2 is 1.93 bits per heavy atom. The number of nitrogens with zero attached hydrogens (tertiary/aromatic N) is 2. The third kappa shape index (κ3) is 3.74. The molecular weight excluding hydrogens is 358 g/mol. The minimum atomic E-state index is -0.447. The van der Waals surface area contributed by atoms with Crippen LogP contribution < -0.4 is 15.4 Å². The highest BCUT2D eigenvalue weighted by Gasteiger charge is 2.21. The number of oxazole rings is 1. The second-order valence-electron chi connectivity index (χ2n) is 6.87. The molecule has 1 aromatic heterocycles. The van der Waals surface area contributed by atoms with Crippen molar-refractivity contribution in [2.24, 2.45) is 0 Å². The molecular formula is C21H23N3O4. The maximum atomic E-state index is 12.6. The van der Waals surface area contributed by atoms with Crippen molar-refractivity contribution in [3.63, 3.8) is 0 Å². The van der Waals surface area contributed by atoms with Crippen molar-refractivity contribution in [2.75, 3.05) is 38.2 Å². The van der Waals surface area contributed by atoms with Gasteiger partial charge in [-0.2, -0.15) is 0 Å². The third-order valence-electron chi connectivity index (χ3n) is 5.20. The summed E-state index contributed by atoms with van der Waals surface area (Å²) in [5, 5.41) is 0. The standard InChI is InChI=1S/C21H23N3O4/c1-27-18-5-3-2-4-15(18)6-9-20(25)24-12-10-23(11-13-24)16-7-8-19-17(14-16)22-21(26)28-19/h2-5,7-8,14H,6,9-13H2,1H3,(H,22,26). The molecule has 3 aromatic rings. The van der Waals surface area contributed by atoms with E-state index in [2.05, 4.69) is 9.88 Å². The van der Waals surface area contributed by atoms with Crippen molar-refractivity contribution in [3.05, 3.63) is 58.6 Å². The number of H-pyrrole nitrogens is 1. The van der Waals surface area contributed by atoms with Crippen molar-refractivity contribution < 1.29 is 13.9 Å². The zero-order valence-electron chi connectivity index (χ0n) is 15.8. The summed E-state index contributed by atoms with van der Waals surface area (Å²) < 4.78 is 10.4. The molecule has 1 aliphatic rings. The summed E-state index contributed by atoms with van der Waals surface area (Å²) in [5.41, 5.74) is 3.32. The molecule has 2 aromatic carbocycles. The van der Waals surface area contributed by atoms with Crippen molar-refractivity contribution >= 4 is 22.7 Å². The Morgan fingerprint density at radius 1 is 1.14 bits per heavy atom. The molecule has 1 saturated heterocycles. The van der Waals surface area contributed by atoms with Crippen molar-refractivity contribution in [3.8, 4) is 5.75 Å². The van der Waals surface area contributed by atoms with Gasteiger partial charge < -0.3 is 19.0 Å². The maximum Gasteiger partial charge on any atom is 0.417 e.